The van der Waals surface area contributed by atoms with Crippen LogP contribution in [0.4, 0.5) is 5.69 Å². The van der Waals surface area contributed by atoms with Gasteiger partial charge >= 0.3 is 0 Å². The minimum Gasteiger partial charge on any atom is -0.378 e. The van der Waals surface area contributed by atoms with E-state index in [9.17, 15) is 0 Å². The number of hydrogen-bond donors (Lipinski definition) is 1. The zero-order valence-corrected chi connectivity index (χ0v) is 9.90. The fraction of sp³-hybridized carbons (Fsp3) is 0.111. The van der Waals surface area contributed by atoms with E-state index >= 15 is 0 Å². The van der Waals surface area contributed by atoms with E-state index in [4.69, 9.17) is 23.2 Å². The van der Waals surface area contributed by atoms with E-state index in [-0.39, 0.29) is 0 Å². The first-order valence-corrected chi connectivity index (χ1v) is 5.84. The Hall–Kier alpha value is -0.840. The van der Waals surface area contributed by atoms with E-state index in [0.29, 0.717) is 22.5 Å². The fourth-order valence-electron chi connectivity index (χ4n) is 1.07. The highest BCUT2D eigenvalue weighted by atomic mass is 35.5. The molecular weight excluding hydrogens is 253 g/mol. The van der Waals surface area contributed by atoms with Gasteiger partial charge in [0.25, 0.3) is 0 Å². The van der Waals surface area contributed by atoms with Crippen LogP contribution in [-0.4, -0.2) is 10.2 Å². The van der Waals surface area contributed by atoms with E-state index in [0.717, 1.165) is 0 Å². The molecule has 2 heterocycles. The monoisotopic (exact) mass is 259 g/mol. The van der Waals surface area contributed by atoms with Crippen LogP contribution in [0.3, 0.4) is 0 Å². The Morgan fingerprint density at radius 2 is 2.20 bits per heavy atom. The summed E-state index contributed by atoms with van der Waals surface area (Å²) in [6.45, 7) is 0.708. The van der Waals surface area contributed by atoms with Gasteiger partial charge in [0.1, 0.15) is 0 Å². The number of rotatable bonds is 3. The minimum absolute atomic E-state index is 0.327. The van der Waals surface area contributed by atoms with Crippen molar-refractivity contribution in [1.82, 2.24) is 10.2 Å². The van der Waals surface area contributed by atoms with E-state index in [1.807, 2.05) is 17.5 Å². The second kappa shape index (κ2) is 4.79. The van der Waals surface area contributed by atoms with E-state index in [1.54, 1.807) is 17.4 Å². The minimum atomic E-state index is 0.327. The fourth-order valence-corrected chi connectivity index (χ4v) is 2.02. The molecule has 0 aliphatic carbocycles. The Morgan fingerprint density at radius 1 is 1.33 bits per heavy atom. The number of aromatic nitrogens is 2. The van der Waals surface area contributed by atoms with Gasteiger partial charge in [-0.1, -0.05) is 29.3 Å². The van der Waals surface area contributed by atoms with Gasteiger partial charge in [-0.15, -0.1) is 21.5 Å². The molecule has 78 valence electrons. The van der Waals surface area contributed by atoms with E-state index < -0.39 is 0 Å². The second-order valence-corrected chi connectivity index (χ2v) is 4.58. The second-order valence-electron chi connectivity index (χ2n) is 2.80. The summed E-state index contributed by atoms with van der Waals surface area (Å²) < 4.78 is 0. The first kappa shape index (κ1) is 10.7. The molecule has 2 aromatic heterocycles. The smallest absolute Gasteiger partial charge is 0.174 e. The van der Waals surface area contributed by atoms with Crippen LogP contribution < -0.4 is 5.32 Å². The molecule has 6 heteroatoms. The van der Waals surface area contributed by atoms with E-state index in [2.05, 4.69) is 15.5 Å². The number of nitrogens with zero attached hydrogens (tertiary/aromatic N) is 2. The topological polar surface area (TPSA) is 37.8 Å². The number of hydrogen-bond acceptors (Lipinski definition) is 4. The van der Waals surface area contributed by atoms with Crippen LogP contribution in [0.25, 0.3) is 0 Å². The van der Waals surface area contributed by atoms with Crippen LogP contribution in [0, 0.1) is 0 Å². The van der Waals surface area contributed by atoms with Gasteiger partial charge in [-0.05, 0) is 11.4 Å². The molecule has 15 heavy (non-hydrogen) atoms. The van der Waals surface area contributed by atoms with Crippen molar-refractivity contribution in [3.05, 3.63) is 38.8 Å². The highest BCUT2D eigenvalue weighted by Crippen LogP contribution is 2.22. The van der Waals surface area contributed by atoms with Crippen molar-refractivity contribution in [2.45, 2.75) is 6.54 Å². The van der Waals surface area contributed by atoms with Gasteiger partial charge in [0, 0.05) is 17.5 Å². The molecule has 0 atom stereocenters. The Morgan fingerprint density at radius 3 is 2.93 bits per heavy atom. The SMILES string of the molecule is Clc1cc(NCc2cccs2)c(Cl)nn1. The molecule has 0 radical (unpaired) electrons. The van der Waals surface area contributed by atoms with Crippen LogP contribution in [0.5, 0.6) is 0 Å². The molecule has 0 spiro atoms. The summed E-state index contributed by atoms with van der Waals surface area (Å²) in [6, 6.07) is 5.70. The molecule has 0 aliphatic rings. The van der Waals surface area contributed by atoms with Crippen molar-refractivity contribution < 1.29 is 0 Å². The van der Waals surface area contributed by atoms with E-state index in [1.165, 1.54) is 4.88 Å². The van der Waals surface area contributed by atoms with Crippen molar-refractivity contribution >= 4 is 40.2 Å². The molecule has 0 saturated heterocycles. The number of anilines is 1. The van der Waals surface area contributed by atoms with Crippen LogP contribution >= 0.6 is 34.5 Å². The maximum Gasteiger partial charge on any atom is 0.174 e. The third-order valence-corrected chi connectivity index (χ3v) is 3.09. The van der Waals surface area contributed by atoms with Gasteiger partial charge in [0.15, 0.2) is 10.3 Å². The first-order valence-electron chi connectivity index (χ1n) is 4.20. The Balaban J connectivity index is 2.07. The molecule has 0 saturated carbocycles. The predicted octanol–water partition coefficient (Wildman–Crippen LogP) is 3.46. The summed E-state index contributed by atoms with van der Waals surface area (Å²) in [5.41, 5.74) is 0.699. The predicted molar refractivity (Wildman–Crippen MR) is 63.7 cm³/mol. The zero-order valence-electron chi connectivity index (χ0n) is 7.58. The van der Waals surface area contributed by atoms with Gasteiger partial charge in [0.05, 0.1) is 5.69 Å². The third kappa shape index (κ3) is 2.81. The molecule has 0 fully saturated rings. The van der Waals surface area contributed by atoms with Crippen molar-refractivity contribution in [3.8, 4) is 0 Å². The Labute approximate surface area is 101 Å². The first-order chi connectivity index (χ1) is 7.25. The average molecular weight is 260 g/mol. The highest BCUT2D eigenvalue weighted by Gasteiger charge is 2.03. The van der Waals surface area contributed by atoms with Crippen molar-refractivity contribution in [2.75, 3.05) is 5.32 Å². The average Bonchev–Trinajstić information content (AvgIpc) is 2.72. The quantitative estimate of drug-likeness (QED) is 0.918. The summed E-state index contributed by atoms with van der Waals surface area (Å²) in [6.07, 6.45) is 0. The van der Waals surface area contributed by atoms with Crippen LogP contribution in [0.1, 0.15) is 4.88 Å². The molecule has 2 aromatic rings. The molecule has 1 N–H and O–H groups in total. The lowest BCUT2D eigenvalue weighted by Crippen LogP contribution is -2.00. The third-order valence-electron chi connectivity index (χ3n) is 1.75. The van der Waals surface area contributed by atoms with Crippen LogP contribution in [-0.2, 0) is 6.54 Å². The summed E-state index contributed by atoms with van der Waals surface area (Å²) in [5.74, 6) is 0. The highest BCUT2D eigenvalue weighted by molar-refractivity contribution is 7.09. The van der Waals surface area contributed by atoms with Crippen molar-refractivity contribution in [2.24, 2.45) is 0 Å². The molecule has 0 bridgehead atoms. The summed E-state index contributed by atoms with van der Waals surface area (Å²) in [4.78, 5) is 1.22. The maximum atomic E-state index is 5.85. The summed E-state index contributed by atoms with van der Waals surface area (Å²) in [5, 5.41) is 13.2. The molecule has 0 amide bonds. The lowest BCUT2D eigenvalue weighted by atomic mass is 10.4. The molecule has 2 rings (SSSR count). The summed E-state index contributed by atoms with van der Waals surface area (Å²) >= 11 is 13.2. The molecule has 0 unspecified atom stereocenters. The molecule has 0 aromatic carbocycles. The summed E-state index contributed by atoms with van der Waals surface area (Å²) in [7, 11) is 0. The molecule has 0 aliphatic heterocycles. The normalized spacial score (nSPS) is 10.3. The van der Waals surface area contributed by atoms with Gasteiger partial charge < -0.3 is 5.32 Å². The molecular formula is C9H7Cl2N3S. The Kier molecular flexibility index (Phi) is 3.41. The maximum absolute atomic E-state index is 5.85. The largest absolute Gasteiger partial charge is 0.378 e. The van der Waals surface area contributed by atoms with Crippen molar-refractivity contribution in [1.29, 1.82) is 0 Å². The van der Waals surface area contributed by atoms with Gasteiger partial charge in [-0.3, -0.25) is 0 Å². The van der Waals surface area contributed by atoms with Crippen LogP contribution in [0.15, 0.2) is 23.6 Å². The number of thiophene rings is 1. The van der Waals surface area contributed by atoms with Gasteiger partial charge in [0.2, 0.25) is 0 Å². The van der Waals surface area contributed by atoms with Crippen molar-refractivity contribution in [3.63, 3.8) is 0 Å². The van der Waals surface area contributed by atoms with Gasteiger partial charge in [-0.25, -0.2) is 0 Å². The standard InChI is InChI=1S/C9H7Cl2N3S/c10-8-4-7(9(11)14-13-8)12-5-6-2-1-3-15-6/h1-4H,5H2,(H,12,13). The molecule has 3 nitrogen and oxygen atoms in total. The zero-order chi connectivity index (χ0) is 10.7. The lowest BCUT2D eigenvalue weighted by Gasteiger charge is -2.05. The number of nitrogens with one attached hydrogen (secondary N) is 1. The van der Waals surface area contributed by atoms with Gasteiger partial charge in [-0.2, -0.15) is 0 Å². The lowest BCUT2D eigenvalue weighted by molar-refractivity contribution is 1.02. The Bertz CT molecular complexity index is 445. The van der Waals surface area contributed by atoms with Crippen LogP contribution in [0.2, 0.25) is 10.3 Å². The number of halogens is 2.